The zero-order valence-electron chi connectivity index (χ0n) is 5.79. The molecule has 0 aromatic heterocycles. The Hall–Kier alpha value is 0.220. The maximum absolute atomic E-state index is 3.81. The summed E-state index contributed by atoms with van der Waals surface area (Å²) in [6.07, 6.45) is 1.05. The Kier molecular flexibility index (Phi) is 2.75. The Bertz CT molecular complexity index is 87.1. The first kappa shape index (κ1) is 8.22. The van der Waals surface area contributed by atoms with Crippen LogP contribution < -0.4 is 0 Å². The van der Waals surface area contributed by atoms with Crippen LogP contribution in [0.3, 0.4) is 0 Å². The van der Waals surface area contributed by atoms with E-state index in [9.17, 15) is 0 Å². The van der Waals surface area contributed by atoms with Crippen molar-refractivity contribution in [2.45, 2.75) is 31.5 Å². The summed E-state index contributed by atoms with van der Waals surface area (Å²) >= 11 is 3.52. The predicted octanol–water partition coefficient (Wildman–Crippen LogP) is 3.13. The molecule has 0 unspecified atom stereocenters. The fraction of sp³-hybridized carbons (Fsp3) is 0.714. The van der Waals surface area contributed by atoms with Crippen LogP contribution in [0.5, 0.6) is 0 Å². The van der Waals surface area contributed by atoms with Crippen LogP contribution >= 0.6 is 15.9 Å². The highest BCUT2D eigenvalue weighted by atomic mass is 79.9. The van der Waals surface area contributed by atoms with Crippen molar-refractivity contribution in [1.29, 1.82) is 0 Å². The molecule has 0 fully saturated rings. The molecule has 0 atom stereocenters. The summed E-state index contributed by atoms with van der Waals surface area (Å²) in [6, 6.07) is 0. The monoisotopic (exact) mass is 176 g/mol. The molecule has 0 aromatic rings. The first-order valence-corrected chi connectivity index (χ1v) is 3.54. The molecule has 0 aliphatic rings. The summed E-state index contributed by atoms with van der Waals surface area (Å²) in [5.74, 6) is 0. The molecular formula is C7H13Br. The van der Waals surface area contributed by atoms with Crippen LogP contribution in [0.25, 0.3) is 0 Å². The summed E-state index contributed by atoms with van der Waals surface area (Å²) in [5.41, 5.74) is 1.23. The van der Waals surface area contributed by atoms with Crippen molar-refractivity contribution >= 4 is 15.9 Å². The minimum atomic E-state index is 0.235. The molecule has 8 heavy (non-hydrogen) atoms. The zero-order chi connectivity index (χ0) is 6.78. The second-order valence-corrected chi connectivity index (χ2v) is 5.00. The molecule has 0 aromatic carbocycles. The molecule has 0 heterocycles. The van der Waals surface area contributed by atoms with Crippen molar-refractivity contribution in [3.05, 3.63) is 12.2 Å². The second kappa shape index (κ2) is 2.67. The lowest BCUT2D eigenvalue weighted by atomic mass is 10.1. The largest absolute Gasteiger partial charge is 0.100 e. The van der Waals surface area contributed by atoms with E-state index in [0.717, 1.165) is 6.42 Å². The molecule has 48 valence electrons. The van der Waals surface area contributed by atoms with Gasteiger partial charge in [0.05, 0.1) is 0 Å². The van der Waals surface area contributed by atoms with Crippen LogP contribution in [-0.2, 0) is 0 Å². The fourth-order valence-corrected chi connectivity index (χ4v) is 1.20. The van der Waals surface area contributed by atoms with Crippen molar-refractivity contribution in [2.75, 3.05) is 0 Å². The lowest BCUT2D eigenvalue weighted by molar-refractivity contribution is 0.720. The summed E-state index contributed by atoms with van der Waals surface area (Å²) in [7, 11) is 0. The van der Waals surface area contributed by atoms with Gasteiger partial charge in [0.25, 0.3) is 0 Å². The van der Waals surface area contributed by atoms with Crippen LogP contribution in [0.15, 0.2) is 12.2 Å². The van der Waals surface area contributed by atoms with Gasteiger partial charge in [-0.3, -0.25) is 0 Å². The average molecular weight is 177 g/mol. The van der Waals surface area contributed by atoms with E-state index in [1.807, 2.05) is 6.92 Å². The van der Waals surface area contributed by atoms with Gasteiger partial charge in [0, 0.05) is 4.32 Å². The van der Waals surface area contributed by atoms with Gasteiger partial charge in [0.1, 0.15) is 0 Å². The molecule has 1 heteroatoms. The van der Waals surface area contributed by atoms with Gasteiger partial charge in [-0.2, -0.15) is 0 Å². The topological polar surface area (TPSA) is 0 Å². The molecule has 0 bridgehead atoms. The minimum absolute atomic E-state index is 0.235. The standard InChI is InChI=1S/C7H13Br/c1-6(2)5-7(3,4)8/h1,5H2,2-4H3. The maximum atomic E-state index is 3.81. The second-order valence-electron chi connectivity index (χ2n) is 2.85. The normalized spacial score (nSPS) is 11.5. The van der Waals surface area contributed by atoms with Crippen LogP contribution in [0.4, 0.5) is 0 Å². The van der Waals surface area contributed by atoms with Crippen molar-refractivity contribution in [3.63, 3.8) is 0 Å². The van der Waals surface area contributed by atoms with E-state index in [0.29, 0.717) is 0 Å². The van der Waals surface area contributed by atoms with Crippen LogP contribution in [0, 0.1) is 0 Å². The van der Waals surface area contributed by atoms with Crippen LogP contribution in [0.1, 0.15) is 27.2 Å². The number of hydrogen-bond acceptors (Lipinski definition) is 0. The van der Waals surface area contributed by atoms with Crippen molar-refractivity contribution in [3.8, 4) is 0 Å². The van der Waals surface area contributed by atoms with Crippen LogP contribution in [0.2, 0.25) is 0 Å². The predicted molar refractivity (Wildman–Crippen MR) is 42.4 cm³/mol. The lowest BCUT2D eigenvalue weighted by Gasteiger charge is -2.14. The lowest BCUT2D eigenvalue weighted by Crippen LogP contribution is -2.08. The van der Waals surface area contributed by atoms with E-state index < -0.39 is 0 Å². The molecular weight excluding hydrogens is 164 g/mol. The van der Waals surface area contributed by atoms with Gasteiger partial charge < -0.3 is 0 Å². The van der Waals surface area contributed by atoms with E-state index in [1.54, 1.807) is 0 Å². The van der Waals surface area contributed by atoms with E-state index in [1.165, 1.54) is 5.57 Å². The van der Waals surface area contributed by atoms with Gasteiger partial charge in [0.15, 0.2) is 0 Å². The smallest absolute Gasteiger partial charge is 0.0238 e. The average Bonchev–Trinajstić information content (AvgIpc) is 1.21. The first-order valence-electron chi connectivity index (χ1n) is 2.75. The summed E-state index contributed by atoms with van der Waals surface area (Å²) in [4.78, 5) is 0. The zero-order valence-corrected chi connectivity index (χ0v) is 7.38. The van der Waals surface area contributed by atoms with Gasteiger partial charge >= 0.3 is 0 Å². The van der Waals surface area contributed by atoms with Gasteiger partial charge in [-0.1, -0.05) is 21.5 Å². The Balaban J connectivity index is 3.55. The minimum Gasteiger partial charge on any atom is -0.100 e. The summed E-state index contributed by atoms with van der Waals surface area (Å²) < 4.78 is 0.235. The Morgan fingerprint density at radius 2 is 2.00 bits per heavy atom. The van der Waals surface area contributed by atoms with Crippen LogP contribution in [-0.4, -0.2) is 4.32 Å². The third kappa shape index (κ3) is 6.22. The Morgan fingerprint density at radius 1 is 1.62 bits per heavy atom. The highest BCUT2D eigenvalue weighted by Gasteiger charge is 2.10. The maximum Gasteiger partial charge on any atom is 0.0238 e. The molecule has 0 radical (unpaired) electrons. The molecule has 0 rings (SSSR count). The molecule has 0 amide bonds. The van der Waals surface area contributed by atoms with E-state index >= 15 is 0 Å². The Labute approximate surface area is 60.1 Å². The van der Waals surface area contributed by atoms with Crippen molar-refractivity contribution < 1.29 is 0 Å². The first-order chi connectivity index (χ1) is 3.42. The molecule has 0 saturated heterocycles. The van der Waals surface area contributed by atoms with E-state index in [4.69, 9.17) is 0 Å². The number of allylic oxidation sites excluding steroid dienone is 1. The Morgan fingerprint density at radius 3 is 2.00 bits per heavy atom. The van der Waals surface area contributed by atoms with E-state index in [2.05, 4.69) is 36.4 Å². The molecule has 0 aliphatic heterocycles. The number of halogens is 1. The van der Waals surface area contributed by atoms with Gasteiger partial charge in [-0.05, 0) is 27.2 Å². The van der Waals surface area contributed by atoms with Gasteiger partial charge in [0.2, 0.25) is 0 Å². The number of hydrogen-bond donors (Lipinski definition) is 0. The molecule has 0 N–H and O–H groups in total. The molecule has 0 aliphatic carbocycles. The third-order valence-electron chi connectivity index (χ3n) is 0.722. The SMILES string of the molecule is C=C(C)CC(C)(C)Br. The van der Waals surface area contributed by atoms with Crippen molar-refractivity contribution in [2.24, 2.45) is 0 Å². The number of rotatable bonds is 2. The van der Waals surface area contributed by atoms with Gasteiger partial charge in [-0.25, -0.2) is 0 Å². The molecule has 0 nitrogen and oxygen atoms in total. The third-order valence-corrected chi connectivity index (χ3v) is 1.00. The fourth-order valence-electron chi connectivity index (χ4n) is 0.718. The highest BCUT2D eigenvalue weighted by molar-refractivity contribution is 9.10. The highest BCUT2D eigenvalue weighted by Crippen LogP contribution is 2.23. The summed E-state index contributed by atoms with van der Waals surface area (Å²) in [5, 5.41) is 0. The molecule has 0 spiro atoms. The van der Waals surface area contributed by atoms with Crippen molar-refractivity contribution in [1.82, 2.24) is 0 Å². The van der Waals surface area contributed by atoms with Gasteiger partial charge in [-0.15, -0.1) is 6.58 Å². The molecule has 0 saturated carbocycles. The van der Waals surface area contributed by atoms with E-state index in [-0.39, 0.29) is 4.32 Å². The summed E-state index contributed by atoms with van der Waals surface area (Å²) in [6.45, 7) is 10.1. The quantitative estimate of drug-likeness (QED) is 0.449. The number of alkyl halides is 1.